The van der Waals surface area contributed by atoms with Crippen molar-refractivity contribution >= 4 is 23.4 Å². The maximum Gasteiger partial charge on any atom is 0.240 e. The number of aromatic nitrogens is 3. The minimum Gasteiger partial charge on any atom is -0.310 e. The Kier molecular flexibility index (Phi) is 5.16. The van der Waals surface area contributed by atoms with E-state index in [0.29, 0.717) is 19.0 Å². The fraction of sp³-hybridized carbons (Fsp3) is 0.412. The van der Waals surface area contributed by atoms with Gasteiger partial charge >= 0.3 is 0 Å². The first kappa shape index (κ1) is 16.5. The molecule has 1 aliphatic rings. The van der Waals surface area contributed by atoms with Crippen molar-refractivity contribution in [2.75, 3.05) is 11.4 Å². The molecule has 3 rings (SSSR count). The molecule has 1 unspecified atom stereocenters. The fourth-order valence-corrected chi connectivity index (χ4v) is 3.44. The maximum atomic E-state index is 12.9. The van der Waals surface area contributed by atoms with Crippen LogP contribution in [0.15, 0.2) is 41.8 Å². The number of carbonyl (C=O) groups is 1. The van der Waals surface area contributed by atoms with Gasteiger partial charge in [0.05, 0.1) is 17.7 Å². The molecule has 0 radical (unpaired) electrons. The van der Waals surface area contributed by atoms with Crippen molar-refractivity contribution in [2.45, 2.75) is 42.6 Å². The first-order valence-corrected chi connectivity index (χ1v) is 8.88. The summed E-state index contributed by atoms with van der Waals surface area (Å²) in [6, 6.07) is 12.1. The lowest BCUT2D eigenvalue weighted by Crippen LogP contribution is -2.37. The molecule has 0 spiro atoms. The Morgan fingerprint density at radius 2 is 2.21 bits per heavy atom. The summed E-state index contributed by atoms with van der Waals surface area (Å²) in [6.07, 6.45) is 4.33. The topological polar surface area (TPSA) is 74.8 Å². The van der Waals surface area contributed by atoms with Crippen LogP contribution in [0.2, 0.25) is 0 Å². The van der Waals surface area contributed by atoms with E-state index in [0.717, 1.165) is 23.7 Å². The van der Waals surface area contributed by atoms with Crippen molar-refractivity contribution in [3.05, 3.63) is 36.7 Å². The third-order valence-electron chi connectivity index (χ3n) is 3.89. The second-order valence-corrected chi connectivity index (χ2v) is 7.05. The van der Waals surface area contributed by atoms with Crippen LogP contribution in [-0.2, 0) is 4.79 Å². The Balaban J connectivity index is 1.73. The summed E-state index contributed by atoms with van der Waals surface area (Å²) in [5, 5.41) is 17.5. The highest BCUT2D eigenvalue weighted by Gasteiger charge is 2.29. The number of benzene rings is 1. The summed E-state index contributed by atoms with van der Waals surface area (Å²) in [5.41, 5.74) is 0.814. The molecule has 1 aromatic carbocycles. The van der Waals surface area contributed by atoms with Crippen LogP contribution >= 0.6 is 11.8 Å². The van der Waals surface area contributed by atoms with Gasteiger partial charge < -0.3 is 9.47 Å². The van der Waals surface area contributed by atoms with Crippen LogP contribution in [-0.4, -0.2) is 32.5 Å². The highest BCUT2D eigenvalue weighted by Crippen LogP contribution is 2.38. The van der Waals surface area contributed by atoms with Gasteiger partial charge in [-0.05, 0) is 31.9 Å². The molecular weight excluding hydrogens is 322 g/mol. The molecule has 1 aliphatic carbocycles. The van der Waals surface area contributed by atoms with Crippen LogP contribution in [0.3, 0.4) is 0 Å². The Morgan fingerprint density at radius 3 is 2.88 bits per heavy atom. The molecule has 1 heterocycles. The zero-order valence-corrected chi connectivity index (χ0v) is 14.3. The largest absolute Gasteiger partial charge is 0.310 e. The van der Waals surface area contributed by atoms with Crippen LogP contribution in [0.5, 0.6) is 0 Å². The zero-order chi connectivity index (χ0) is 16.9. The third kappa shape index (κ3) is 3.77. The molecule has 0 bridgehead atoms. The summed E-state index contributed by atoms with van der Waals surface area (Å²) in [7, 11) is 0. The number of carbonyl (C=O) groups excluding carboxylic acids is 1. The molecule has 6 nitrogen and oxygen atoms in total. The molecule has 1 atom stereocenters. The van der Waals surface area contributed by atoms with Gasteiger partial charge in [0.1, 0.15) is 6.33 Å². The molecule has 1 aromatic heterocycles. The van der Waals surface area contributed by atoms with Gasteiger partial charge in [0, 0.05) is 18.3 Å². The first-order valence-electron chi connectivity index (χ1n) is 8.00. The van der Waals surface area contributed by atoms with Crippen molar-refractivity contribution < 1.29 is 4.79 Å². The predicted octanol–water partition coefficient (Wildman–Crippen LogP) is 3.04. The van der Waals surface area contributed by atoms with Gasteiger partial charge in [-0.3, -0.25) is 4.79 Å². The van der Waals surface area contributed by atoms with Crippen molar-refractivity contribution in [1.29, 1.82) is 5.26 Å². The highest BCUT2D eigenvalue weighted by atomic mass is 32.2. The Bertz CT molecular complexity index is 735. The number of rotatable bonds is 7. The highest BCUT2D eigenvalue weighted by molar-refractivity contribution is 8.00. The van der Waals surface area contributed by atoms with Crippen molar-refractivity contribution in [1.82, 2.24) is 14.8 Å². The van der Waals surface area contributed by atoms with Crippen LogP contribution in [0, 0.1) is 11.3 Å². The van der Waals surface area contributed by atoms with Crippen molar-refractivity contribution in [2.24, 2.45) is 0 Å². The lowest BCUT2D eigenvalue weighted by atomic mass is 10.2. The fourth-order valence-electron chi connectivity index (χ4n) is 2.48. The monoisotopic (exact) mass is 341 g/mol. The number of anilines is 1. The quantitative estimate of drug-likeness (QED) is 0.724. The van der Waals surface area contributed by atoms with Crippen LogP contribution in [0.25, 0.3) is 0 Å². The molecule has 1 amide bonds. The van der Waals surface area contributed by atoms with Crippen molar-refractivity contribution in [3.8, 4) is 6.07 Å². The number of thioether (sulfide) groups is 1. The standard InChI is InChI=1S/C17H19N5OS/c1-13(24-17-20-19-12-22(17)15-8-9-15)16(23)21(11-5-10-18)14-6-3-2-4-7-14/h2-4,6-7,12-13,15H,5,8-9,11H2,1H3. The molecule has 2 aromatic rings. The average molecular weight is 341 g/mol. The SMILES string of the molecule is CC(Sc1nncn1C1CC1)C(=O)N(CCC#N)c1ccccc1. The second-order valence-electron chi connectivity index (χ2n) is 5.75. The molecule has 0 saturated heterocycles. The van der Waals surface area contributed by atoms with E-state index >= 15 is 0 Å². The molecule has 124 valence electrons. The average Bonchev–Trinajstić information content (AvgIpc) is 3.35. The molecule has 7 heteroatoms. The minimum absolute atomic E-state index is 0.0215. The number of hydrogen-bond acceptors (Lipinski definition) is 5. The number of para-hydroxylation sites is 1. The van der Waals surface area contributed by atoms with Crippen LogP contribution < -0.4 is 4.90 Å². The van der Waals surface area contributed by atoms with E-state index < -0.39 is 0 Å². The van der Waals surface area contributed by atoms with Gasteiger partial charge in [0.25, 0.3) is 0 Å². The molecule has 24 heavy (non-hydrogen) atoms. The lowest BCUT2D eigenvalue weighted by Gasteiger charge is -2.24. The van der Waals surface area contributed by atoms with Gasteiger partial charge in [0.15, 0.2) is 5.16 Å². The van der Waals surface area contributed by atoms with Gasteiger partial charge in [-0.15, -0.1) is 10.2 Å². The molecule has 1 fully saturated rings. The second kappa shape index (κ2) is 7.49. The number of nitrogens with zero attached hydrogens (tertiary/aromatic N) is 5. The van der Waals surface area contributed by atoms with E-state index in [1.54, 1.807) is 11.2 Å². The number of hydrogen-bond donors (Lipinski definition) is 0. The Labute approximate surface area is 145 Å². The summed E-state index contributed by atoms with van der Waals surface area (Å²) >= 11 is 1.42. The van der Waals surface area contributed by atoms with Gasteiger partial charge in [0.2, 0.25) is 5.91 Å². The molecule has 0 aliphatic heterocycles. The maximum absolute atomic E-state index is 12.9. The molecule has 1 saturated carbocycles. The number of nitriles is 1. The third-order valence-corrected chi connectivity index (χ3v) is 4.95. The Hall–Kier alpha value is -2.33. The van der Waals surface area contributed by atoms with Crippen LogP contribution in [0.1, 0.15) is 32.2 Å². The summed E-state index contributed by atoms with van der Waals surface area (Å²) in [5.74, 6) is -0.0215. The van der Waals surface area contributed by atoms with E-state index in [1.165, 1.54) is 11.8 Å². The predicted molar refractivity (Wildman–Crippen MR) is 92.6 cm³/mol. The zero-order valence-electron chi connectivity index (χ0n) is 13.5. The van der Waals surface area contributed by atoms with Crippen molar-refractivity contribution in [3.63, 3.8) is 0 Å². The summed E-state index contributed by atoms with van der Waals surface area (Å²) in [4.78, 5) is 14.6. The lowest BCUT2D eigenvalue weighted by molar-refractivity contribution is -0.117. The van der Waals surface area contributed by atoms with Crippen LogP contribution in [0.4, 0.5) is 5.69 Å². The summed E-state index contributed by atoms with van der Waals surface area (Å²) < 4.78 is 2.05. The van der Waals surface area contributed by atoms with E-state index in [4.69, 9.17) is 5.26 Å². The van der Waals surface area contributed by atoms with Gasteiger partial charge in [-0.25, -0.2) is 0 Å². The number of amides is 1. The minimum atomic E-state index is -0.300. The summed E-state index contributed by atoms with van der Waals surface area (Å²) in [6.45, 7) is 2.26. The van der Waals surface area contributed by atoms with Gasteiger partial charge in [-0.2, -0.15) is 5.26 Å². The smallest absolute Gasteiger partial charge is 0.240 e. The Morgan fingerprint density at radius 1 is 1.46 bits per heavy atom. The van der Waals surface area contributed by atoms with E-state index in [-0.39, 0.29) is 11.2 Å². The van der Waals surface area contributed by atoms with Gasteiger partial charge in [-0.1, -0.05) is 30.0 Å². The normalized spacial score (nSPS) is 14.8. The first-order chi connectivity index (χ1) is 11.7. The molecular formula is C17H19N5OS. The molecule has 0 N–H and O–H groups in total. The van der Waals surface area contributed by atoms with E-state index in [9.17, 15) is 4.79 Å². The van der Waals surface area contributed by atoms with E-state index in [2.05, 4.69) is 20.8 Å². The van der Waals surface area contributed by atoms with E-state index in [1.807, 2.05) is 37.3 Å².